The number of phenols is 1. The highest BCUT2D eigenvalue weighted by molar-refractivity contribution is 7.09. The normalized spacial score (nSPS) is 17.5. The minimum Gasteiger partial charge on any atom is -0.508 e. The van der Waals surface area contributed by atoms with Gasteiger partial charge in [0.05, 0.1) is 10.9 Å². The summed E-state index contributed by atoms with van der Waals surface area (Å²) in [5.41, 5.74) is 0.688. The Morgan fingerprint density at radius 3 is 2.47 bits per heavy atom. The lowest BCUT2D eigenvalue weighted by Crippen LogP contribution is -2.42. The molecule has 3 rings (SSSR count). The summed E-state index contributed by atoms with van der Waals surface area (Å²) in [7, 11) is 3.78. The first-order chi connectivity index (χ1) is 14.1. The van der Waals surface area contributed by atoms with Crippen LogP contribution in [0.15, 0.2) is 36.0 Å². The van der Waals surface area contributed by atoms with Gasteiger partial charge in [0.2, 0.25) is 5.91 Å². The minimum atomic E-state index is -4.34. The summed E-state index contributed by atoms with van der Waals surface area (Å²) < 4.78 is 41.1. The number of alkyl halides is 3. The predicted molar refractivity (Wildman–Crippen MR) is 109 cm³/mol. The van der Waals surface area contributed by atoms with Crippen LogP contribution >= 0.6 is 11.3 Å². The van der Waals surface area contributed by atoms with Gasteiger partial charge in [-0.15, -0.1) is 11.3 Å². The minimum absolute atomic E-state index is 0.0298. The molecule has 2 unspecified atom stereocenters. The number of carbonyl (C=O) groups excluding carboxylic acids is 1. The Bertz CT molecular complexity index is 834. The van der Waals surface area contributed by atoms with Crippen molar-refractivity contribution in [2.24, 2.45) is 5.41 Å². The lowest BCUT2D eigenvalue weighted by atomic mass is 9.84. The van der Waals surface area contributed by atoms with Crippen LogP contribution in [-0.4, -0.2) is 53.8 Å². The zero-order chi connectivity index (χ0) is 21.9. The Hall–Kier alpha value is -2.13. The summed E-state index contributed by atoms with van der Waals surface area (Å²) in [6, 6.07) is 6.80. The highest BCUT2D eigenvalue weighted by Crippen LogP contribution is 2.66. The largest absolute Gasteiger partial charge is 0.508 e. The fraction of sp³-hybridized carbons (Fsp3) is 0.524. The maximum Gasteiger partial charge on any atom is 0.395 e. The molecule has 1 saturated carbocycles. The van der Waals surface area contributed by atoms with E-state index in [0.717, 1.165) is 5.56 Å². The molecule has 1 amide bonds. The quantitative estimate of drug-likeness (QED) is 0.618. The van der Waals surface area contributed by atoms with Crippen LogP contribution in [0.2, 0.25) is 0 Å². The Morgan fingerprint density at radius 2 is 1.97 bits per heavy atom. The third kappa shape index (κ3) is 5.13. The number of likely N-dealkylation sites (N-methyl/N-ethyl adjacent to an activating group) is 1. The van der Waals surface area contributed by atoms with Gasteiger partial charge in [-0.25, -0.2) is 0 Å². The molecule has 2 aromatic rings. The summed E-state index contributed by atoms with van der Waals surface area (Å²) in [5, 5.41) is 12.2. The first-order valence-electron chi connectivity index (χ1n) is 9.78. The van der Waals surface area contributed by atoms with E-state index in [1.807, 2.05) is 31.1 Å². The van der Waals surface area contributed by atoms with Gasteiger partial charge in [-0.2, -0.15) is 13.2 Å². The number of amides is 1. The van der Waals surface area contributed by atoms with Crippen LogP contribution in [0, 0.1) is 5.41 Å². The van der Waals surface area contributed by atoms with Crippen LogP contribution in [0.1, 0.15) is 35.6 Å². The van der Waals surface area contributed by atoms with E-state index in [1.54, 1.807) is 12.1 Å². The molecule has 9 heteroatoms. The number of halogens is 3. The molecule has 1 aliphatic carbocycles. The van der Waals surface area contributed by atoms with Gasteiger partial charge in [-0.05, 0) is 51.1 Å². The summed E-state index contributed by atoms with van der Waals surface area (Å²) in [4.78, 5) is 19.0. The van der Waals surface area contributed by atoms with Crippen LogP contribution in [0.4, 0.5) is 13.2 Å². The third-order valence-electron chi connectivity index (χ3n) is 5.88. The molecule has 1 aromatic heterocycles. The lowest BCUT2D eigenvalue weighted by molar-refractivity contribution is -0.194. The highest BCUT2D eigenvalue weighted by atomic mass is 32.1. The fourth-order valence-electron chi connectivity index (χ4n) is 3.76. The summed E-state index contributed by atoms with van der Waals surface area (Å²) >= 11 is 1.17. The molecule has 5 nitrogen and oxygen atoms in total. The number of rotatable bonds is 9. The Balaban J connectivity index is 1.64. The second-order valence-electron chi connectivity index (χ2n) is 8.11. The molecule has 0 spiro atoms. The van der Waals surface area contributed by atoms with Gasteiger partial charge in [0.15, 0.2) is 0 Å². The van der Waals surface area contributed by atoms with Crippen molar-refractivity contribution in [3.8, 4) is 5.75 Å². The molecular formula is C21H26F3N3O2S. The van der Waals surface area contributed by atoms with E-state index in [-0.39, 0.29) is 37.0 Å². The van der Waals surface area contributed by atoms with Gasteiger partial charge in [0.1, 0.15) is 5.75 Å². The topological polar surface area (TPSA) is 65.5 Å². The zero-order valence-electron chi connectivity index (χ0n) is 16.9. The van der Waals surface area contributed by atoms with E-state index in [4.69, 9.17) is 0 Å². The summed E-state index contributed by atoms with van der Waals surface area (Å²) in [6.45, 7) is 0.321. The number of phenolic OH excluding ortho intramolecular Hbond substituents is 1. The number of nitrogens with zero attached hydrogens (tertiary/aromatic N) is 2. The van der Waals surface area contributed by atoms with Crippen LogP contribution in [0.25, 0.3) is 0 Å². The van der Waals surface area contributed by atoms with Crippen molar-refractivity contribution >= 4 is 17.2 Å². The molecule has 164 valence electrons. The van der Waals surface area contributed by atoms with Crippen LogP contribution < -0.4 is 5.32 Å². The molecule has 1 aromatic carbocycles. The summed E-state index contributed by atoms with van der Waals surface area (Å²) in [5.74, 6) is -1.11. The number of carbonyl (C=O) groups is 1. The molecule has 1 fully saturated rings. The van der Waals surface area contributed by atoms with Crippen molar-refractivity contribution in [2.45, 2.75) is 43.8 Å². The number of hydrogen-bond acceptors (Lipinski definition) is 5. The lowest BCUT2D eigenvalue weighted by Gasteiger charge is -2.29. The van der Waals surface area contributed by atoms with Crippen molar-refractivity contribution in [3.63, 3.8) is 0 Å². The predicted octanol–water partition coefficient (Wildman–Crippen LogP) is 3.95. The number of hydrogen-bond donors (Lipinski definition) is 2. The van der Waals surface area contributed by atoms with Gasteiger partial charge in [0.25, 0.3) is 0 Å². The van der Waals surface area contributed by atoms with Crippen LogP contribution in [-0.2, 0) is 11.2 Å². The van der Waals surface area contributed by atoms with Crippen molar-refractivity contribution in [1.82, 2.24) is 15.2 Å². The van der Waals surface area contributed by atoms with Crippen molar-refractivity contribution in [2.75, 3.05) is 20.6 Å². The highest BCUT2D eigenvalue weighted by Gasteiger charge is 2.67. The van der Waals surface area contributed by atoms with Gasteiger partial charge in [-0.1, -0.05) is 12.1 Å². The van der Waals surface area contributed by atoms with E-state index < -0.39 is 17.5 Å². The van der Waals surface area contributed by atoms with E-state index in [0.29, 0.717) is 17.8 Å². The SMILES string of the molecule is CN(C)C(CNC(=O)CC(c1cncs1)C1(C(F)(F)F)CC1)Cc1ccc(O)cc1. The van der Waals surface area contributed by atoms with E-state index in [9.17, 15) is 23.1 Å². The van der Waals surface area contributed by atoms with Gasteiger partial charge < -0.3 is 15.3 Å². The molecule has 0 radical (unpaired) electrons. The van der Waals surface area contributed by atoms with Gasteiger partial charge >= 0.3 is 6.18 Å². The molecule has 30 heavy (non-hydrogen) atoms. The Morgan fingerprint density at radius 1 is 1.30 bits per heavy atom. The number of benzene rings is 1. The number of aromatic hydroxyl groups is 1. The van der Waals surface area contributed by atoms with Crippen LogP contribution in [0.5, 0.6) is 5.75 Å². The maximum atomic E-state index is 13.7. The Kier molecular flexibility index (Phi) is 6.71. The molecule has 1 heterocycles. The third-order valence-corrected chi connectivity index (χ3v) is 6.77. The second-order valence-corrected chi connectivity index (χ2v) is 9.02. The molecule has 0 bridgehead atoms. The Labute approximate surface area is 177 Å². The zero-order valence-corrected chi connectivity index (χ0v) is 17.8. The second kappa shape index (κ2) is 8.93. The van der Waals surface area contributed by atoms with E-state index >= 15 is 0 Å². The van der Waals surface area contributed by atoms with Crippen molar-refractivity contribution in [1.29, 1.82) is 0 Å². The average molecular weight is 442 g/mol. The molecule has 0 saturated heterocycles. The van der Waals surface area contributed by atoms with Crippen LogP contribution in [0.3, 0.4) is 0 Å². The average Bonchev–Trinajstić information content (AvgIpc) is 3.32. The number of aromatic nitrogens is 1. The molecule has 2 atom stereocenters. The molecule has 2 N–H and O–H groups in total. The smallest absolute Gasteiger partial charge is 0.395 e. The van der Waals surface area contributed by atoms with Crippen molar-refractivity contribution < 1.29 is 23.1 Å². The van der Waals surface area contributed by atoms with E-state index in [2.05, 4.69) is 10.3 Å². The number of nitrogens with one attached hydrogen (secondary N) is 1. The molecule has 1 aliphatic rings. The van der Waals surface area contributed by atoms with Gasteiger partial charge in [-0.3, -0.25) is 9.78 Å². The standard InChI is InChI=1S/C21H26F3N3O2S/c1-27(2)15(9-14-3-5-16(28)6-4-14)11-26-19(29)10-17(18-12-25-13-30-18)20(7-8-20)21(22,23)24/h3-6,12-13,15,17,28H,7-11H2,1-2H3,(H,26,29). The van der Waals surface area contributed by atoms with E-state index in [1.165, 1.54) is 23.0 Å². The first kappa shape index (κ1) is 22.6. The van der Waals surface area contributed by atoms with Crippen molar-refractivity contribution in [3.05, 3.63) is 46.4 Å². The first-order valence-corrected chi connectivity index (χ1v) is 10.7. The molecular weight excluding hydrogens is 415 g/mol. The maximum absolute atomic E-state index is 13.7. The van der Waals surface area contributed by atoms with Gasteiger partial charge in [0, 0.05) is 36.0 Å². The monoisotopic (exact) mass is 441 g/mol. The summed E-state index contributed by atoms with van der Waals surface area (Å²) in [6.07, 6.45) is -2.37. The fourth-order valence-corrected chi connectivity index (χ4v) is 4.60. The number of thiazole rings is 1. The molecule has 0 aliphatic heterocycles.